The Labute approximate surface area is 182 Å². The highest BCUT2D eigenvalue weighted by atomic mass is 16.5. The van der Waals surface area contributed by atoms with E-state index < -0.39 is 0 Å². The molecular weight excluding hydrogens is 390 g/mol. The lowest BCUT2D eigenvalue weighted by Crippen LogP contribution is -2.31. The van der Waals surface area contributed by atoms with Crippen LogP contribution in [0.5, 0.6) is 5.75 Å². The Balaban J connectivity index is 1.33. The van der Waals surface area contributed by atoms with Gasteiger partial charge in [0.2, 0.25) is 0 Å². The topological polar surface area (TPSA) is 70.6 Å². The average Bonchev–Trinajstić information content (AvgIpc) is 3.06. The fourth-order valence-corrected chi connectivity index (χ4v) is 3.68. The van der Waals surface area contributed by atoms with Gasteiger partial charge in [-0.15, -0.1) is 10.2 Å². The summed E-state index contributed by atoms with van der Waals surface area (Å²) in [7, 11) is 1.68. The van der Waals surface area contributed by atoms with Crippen LogP contribution in [0.4, 0.5) is 11.5 Å². The maximum atomic E-state index is 12.4. The maximum Gasteiger partial charge on any atom is 0.276 e. The molecule has 1 N–H and O–H groups in total. The number of carbonyl (C=O) groups excluding carboxylic acids is 1. The molecule has 0 atom stereocenters. The van der Waals surface area contributed by atoms with Crippen molar-refractivity contribution in [3.8, 4) is 5.75 Å². The number of rotatable bonds is 6. The monoisotopic (exact) mass is 417 g/mol. The summed E-state index contributed by atoms with van der Waals surface area (Å²) < 4.78 is 5.24. The Bertz CT molecular complexity index is 977. The summed E-state index contributed by atoms with van der Waals surface area (Å²) in [4.78, 5) is 17.1. The van der Waals surface area contributed by atoms with Gasteiger partial charge in [0.05, 0.1) is 7.11 Å². The lowest BCUT2D eigenvalue weighted by atomic mass is 10.2. The van der Waals surface area contributed by atoms with E-state index in [9.17, 15) is 4.79 Å². The van der Waals surface area contributed by atoms with Gasteiger partial charge in [-0.05, 0) is 48.4 Å². The number of hydrogen-bond acceptors (Lipinski definition) is 6. The molecule has 1 aliphatic rings. The van der Waals surface area contributed by atoms with Crippen LogP contribution < -0.4 is 15.0 Å². The van der Waals surface area contributed by atoms with E-state index in [1.165, 1.54) is 5.56 Å². The highest BCUT2D eigenvalue weighted by molar-refractivity contribution is 6.02. The number of amides is 1. The van der Waals surface area contributed by atoms with Gasteiger partial charge in [-0.2, -0.15) is 0 Å². The van der Waals surface area contributed by atoms with E-state index in [1.807, 2.05) is 48.5 Å². The van der Waals surface area contributed by atoms with Gasteiger partial charge < -0.3 is 15.0 Å². The van der Waals surface area contributed by atoms with Crippen molar-refractivity contribution in [1.82, 2.24) is 15.1 Å². The highest BCUT2D eigenvalue weighted by Crippen LogP contribution is 2.17. The standard InChI is InChI=1S/C24H27N5O2/c1-31-21-10-8-19(9-11-21)18-28-14-5-15-29(17-16-28)23-13-12-22(26-27-23)24(30)25-20-6-3-2-4-7-20/h2-4,6-13H,5,14-18H2,1H3,(H,25,30). The number of methoxy groups -OCH3 is 1. The molecule has 0 saturated carbocycles. The van der Waals surface area contributed by atoms with Gasteiger partial charge in [0.25, 0.3) is 5.91 Å². The molecule has 2 heterocycles. The predicted octanol–water partition coefficient (Wildman–Crippen LogP) is 3.45. The molecule has 7 nitrogen and oxygen atoms in total. The first-order valence-electron chi connectivity index (χ1n) is 10.5. The van der Waals surface area contributed by atoms with Gasteiger partial charge in [-0.3, -0.25) is 9.69 Å². The van der Waals surface area contributed by atoms with Gasteiger partial charge >= 0.3 is 0 Å². The van der Waals surface area contributed by atoms with E-state index in [-0.39, 0.29) is 5.91 Å². The molecule has 31 heavy (non-hydrogen) atoms. The number of aromatic nitrogens is 2. The molecule has 0 bridgehead atoms. The van der Waals surface area contributed by atoms with E-state index in [4.69, 9.17) is 4.74 Å². The number of anilines is 2. The van der Waals surface area contributed by atoms with Crippen LogP contribution in [0.15, 0.2) is 66.7 Å². The van der Waals surface area contributed by atoms with Crippen molar-refractivity contribution in [3.05, 3.63) is 78.0 Å². The molecule has 2 aromatic carbocycles. The molecule has 3 aromatic rings. The molecule has 0 spiro atoms. The van der Waals surface area contributed by atoms with Gasteiger partial charge in [0, 0.05) is 38.4 Å². The summed E-state index contributed by atoms with van der Waals surface area (Å²) in [5, 5.41) is 11.3. The fourth-order valence-electron chi connectivity index (χ4n) is 3.68. The Morgan fingerprint density at radius 1 is 0.935 bits per heavy atom. The van der Waals surface area contributed by atoms with Gasteiger partial charge in [-0.25, -0.2) is 0 Å². The van der Waals surface area contributed by atoms with E-state index in [1.54, 1.807) is 13.2 Å². The van der Waals surface area contributed by atoms with Crippen molar-refractivity contribution in [2.75, 3.05) is 43.5 Å². The second-order valence-corrected chi connectivity index (χ2v) is 7.56. The number of hydrogen-bond donors (Lipinski definition) is 1. The van der Waals surface area contributed by atoms with Crippen molar-refractivity contribution in [3.63, 3.8) is 0 Å². The summed E-state index contributed by atoms with van der Waals surface area (Å²) >= 11 is 0. The fraction of sp³-hybridized carbons (Fsp3) is 0.292. The van der Waals surface area contributed by atoms with Gasteiger partial charge in [0.1, 0.15) is 5.75 Å². The number of nitrogens with zero attached hydrogens (tertiary/aromatic N) is 4. The normalized spacial score (nSPS) is 14.7. The van der Waals surface area contributed by atoms with Crippen LogP contribution in [0.2, 0.25) is 0 Å². The minimum atomic E-state index is -0.258. The molecule has 0 unspecified atom stereocenters. The third-order valence-corrected chi connectivity index (χ3v) is 5.39. The molecule has 1 aliphatic heterocycles. The van der Waals surface area contributed by atoms with Crippen molar-refractivity contribution in [2.45, 2.75) is 13.0 Å². The first-order valence-corrected chi connectivity index (χ1v) is 10.5. The molecule has 7 heteroatoms. The predicted molar refractivity (Wildman–Crippen MR) is 122 cm³/mol. The molecule has 4 rings (SSSR count). The SMILES string of the molecule is COc1ccc(CN2CCCN(c3ccc(C(=O)Nc4ccccc4)nn3)CC2)cc1. The van der Waals surface area contributed by atoms with E-state index in [0.717, 1.165) is 56.4 Å². The zero-order valence-corrected chi connectivity index (χ0v) is 17.7. The van der Waals surface area contributed by atoms with Crippen molar-refractivity contribution >= 4 is 17.4 Å². The van der Waals surface area contributed by atoms with Crippen LogP contribution >= 0.6 is 0 Å². The number of para-hydroxylation sites is 1. The molecule has 0 radical (unpaired) electrons. The van der Waals surface area contributed by atoms with E-state index in [2.05, 4.69) is 37.4 Å². The molecule has 0 aliphatic carbocycles. The maximum absolute atomic E-state index is 12.4. The third kappa shape index (κ3) is 5.58. The van der Waals surface area contributed by atoms with Crippen LogP contribution in [-0.4, -0.2) is 54.3 Å². The quantitative estimate of drug-likeness (QED) is 0.663. The minimum absolute atomic E-state index is 0.258. The Morgan fingerprint density at radius 3 is 2.45 bits per heavy atom. The summed E-state index contributed by atoms with van der Waals surface area (Å²) in [5.41, 5.74) is 2.33. The smallest absolute Gasteiger partial charge is 0.276 e. The summed E-state index contributed by atoms with van der Waals surface area (Å²) in [6.07, 6.45) is 1.05. The molecular formula is C24H27N5O2. The first kappa shape index (κ1) is 20.8. The second kappa shape index (κ2) is 10.0. The van der Waals surface area contributed by atoms with Crippen LogP contribution in [0.1, 0.15) is 22.5 Å². The number of benzene rings is 2. The summed E-state index contributed by atoms with van der Waals surface area (Å²) in [5.74, 6) is 1.43. The summed E-state index contributed by atoms with van der Waals surface area (Å²) in [6.45, 7) is 4.70. The zero-order chi connectivity index (χ0) is 21.5. The molecule has 1 amide bonds. The molecule has 1 aromatic heterocycles. The highest BCUT2D eigenvalue weighted by Gasteiger charge is 2.17. The summed E-state index contributed by atoms with van der Waals surface area (Å²) in [6, 6.07) is 21.2. The van der Waals surface area contributed by atoms with Crippen molar-refractivity contribution in [2.24, 2.45) is 0 Å². The third-order valence-electron chi connectivity index (χ3n) is 5.39. The Kier molecular flexibility index (Phi) is 6.74. The molecule has 160 valence electrons. The Hall–Kier alpha value is -3.45. The first-order chi connectivity index (χ1) is 15.2. The number of nitrogens with one attached hydrogen (secondary N) is 1. The Morgan fingerprint density at radius 2 is 1.74 bits per heavy atom. The van der Waals surface area contributed by atoms with Gasteiger partial charge in [0.15, 0.2) is 11.5 Å². The zero-order valence-electron chi connectivity index (χ0n) is 17.7. The average molecular weight is 418 g/mol. The number of carbonyl (C=O) groups is 1. The van der Waals surface area contributed by atoms with Crippen molar-refractivity contribution in [1.29, 1.82) is 0 Å². The minimum Gasteiger partial charge on any atom is -0.497 e. The van der Waals surface area contributed by atoms with Crippen LogP contribution in [0.3, 0.4) is 0 Å². The van der Waals surface area contributed by atoms with Crippen LogP contribution in [0.25, 0.3) is 0 Å². The largest absolute Gasteiger partial charge is 0.497 e. The van der Waals surface area contributed by atoms with Gasteiger partial charge in [-0.1, -0.05) is 30.3 Å². The molecule has 1 fully saturated rings. The lowest BCUT2D eigenvalue weighted by molar-refractivity contribution is 0.102. The lowest BCUT2D eigenvalue weighted by Gasteiger charge is -2.22. The number of ether oxygens (including phenoxy) is 1. The van der Waals surface area contributed by atoms with Crippen molar-refractivity contribution < 1.29 is 9.53 Å². The molecule has 1 saturated heterocycles. The van der Waals surface area contributed by atoms with E-state index in [0.29, 0.717) is 5.69 Å². The van der Waals surface area contributed by atoms with Crippen LogP contribution in [-0.2, 0) is 6.54 Å². The second-order valence-electron chi connectivity index (χ2n) is 7.56. The van der Waals surface area contributed by atoms with Crippen LogP contribution in [0, 0.1) is 0 Å². The van der Waals surface area contributed by atoms with E-state index >= 15 is 0 Å².